The zero-order valence-electron chi connectivity index (χ0n) is 17.0. The zero-order chi connectivity index (χ0) is 20.4. The van der Waals surface area contributed by atoms with Gasteiger partial charge in [0, 0.05) is 44.0 Å². The summed E-state index contributed by atoms with van der Waals surface area (Å²) in [6.07, 6.45) is 4.93. The maximum absolute atomic E-state index is 13.3. The number of hydrogen-bond acceptors (Lipinski definition) is 4. The van der Waals surface area contributed by atoms with Gasteiger partial charge in [-0.2, -0.15) is 0 Å². The van der Waals surface area contributed by atoms with Crippen molar-refractivity contribution in [1.82, 2.24) is 14.4 Å². The molecule has 1 aromatic heterocycles. The van der Waals surface area contributed by atoms with Crippen molar-refractivity contribution in [3.63, 3.8) is 0 Å². The number of aromatic nitrogens is 1. The Balaban J connectivity index is 1.73. The van der Waals surface area contributed by atoms with E-state index in [9.17, 15) is 14.7 Å². The van der Waals surface area contributed by atoms with Gasteiger partial charge in [0.05, 0.1) is 17.7 Å². The van der Waals surface area contributed by atoms with Crippen LogP contribution in [0.5, 0.6) is 0 Å². The lowest BCUT2D eigenvalue weighted by atomic mass is 9.91. The molecule has 2 aliphatic heterocycles. The lowest BCUT2D eigenvalue weighted by Crippen LogP contribution is -2.47. The Morgan fingerprint density at radius 3 is 2.38 bits per heavy atom. The Labute approximate surface area is 171 Å². The number of carbonyl (C=O) groups excluding carboxylic acids is 1. The quantitative estimate of drug-likeness (QED) is 0.862. The third-order valence-electron chi connectivity index (χ3n) is 6.22. The van der Waals surface area contributed by atoms with Crippen LogP contribution in [0.3, 0.4) is 0 Å². The summed E-state index contributed by atoms with van der Waals surface area (Å²) in [5, 5.41) is 11.0. The molecular formula is C23H29N3O3. The predicted octanol–water partition coefficient (Wildman–Crippen LogP) is 2.21. The van der Waals surface area contributed by atoms with E-state index in [4.69, 9.17) is 0 Å². The second kappa shape index (κ2) is 8.13. The lowest BCUT2D eigenvalue weighted by Gasteiger charge is -2.37. The van der Waals surface area contributed by atoms with Gasteiger partial charge in [-0.05, 0) is 38.3 Å². The zero-order valence-corrected chi connectivity index (χ0v) is 17.0. The molecule has 154 valence electrons. The standard InChI is InChI=1S/C23H29N3O3/c1-24-13-9-23(29,10-14-24)17-26-16-20(22(28)25-11-5-6-12-25)19(15-21(26)27)18-7-3-2-4-8-18/h2-4,7-8,15-16,29H,5-6,9-14,17H2,1H3. The van der Waals surface area contributed by atoms with Crippen LogP contribution in [-0.4, -0.2) is 64.2 Å². The molecule has 1 N–H and O–H groups in total. The van der Waals surface area contributed by atoms with E-state index in [1.54, 1.807) is 12.3 Å². The van der Waals surface area contributed by atoms with Crippen LogP contribution in [0.4, 0.5) is 0 Å². The third-order valence-corrected chi connectivity index (χ3v) is 6.22. The molecule has 6 nitrogen and oxygen atoms in total. The highest BCUT2D eigenvalue weighted by atomic mass is 16.3. The smallest absolute Gasteiger partial charge is 0.255 e. The van der Waals surface area contributed by atoms with Gasteiger partial charge in [0.1, 0.15) is 0 Å². The van der Waals surface area contributed by atoms with Crippen molar-refractivity contribution in [1.29, 1.82) is 0 Å². The summed E-state index contributed by atoms with van der Waals surface area (Å²) in [5.41, 5.74) is 0.957. The molecule has 2 aromatic rings. The molecule has 4 rings (SSSR count). The molecule has 2 fully saturated rings. The van der Waals surface area contributed by atoms with Crippen molar-refractivity contribution in [2.45, 2.75) is 37.8 Å². The van der Waals surface area contributed by atoms with E-state index in [1.165, 1.54) is 4.57 Å². The number of aliphatic hydroxyl groups is 1. The average Bonchev–Trinajstić information content (AvgIpc) is 3.27. The Bertz CT molecular complexity index is 924. The molecule has 0 saturated carbocycles. The van der Waals surface area contributed by atoms with E-state index < -0.39 is 5.60 Å². The van der Waals surface area contributed by atoms with E-state index in [2.05, 4.69) is 4.90 Å². The number of rotatable bonds is 4. The molecular weight excluding hydrogens is 366 g/mol. The Morgan fingerprint density at radius 1 is 1.07 bits per heavy atom. The number of likely N-dealkylation sites (tertiary alicyclic amines) is 2. The molecule has 0 bridgehead atoms. The van der Waals surface area contributed by atoms with E-state index in [0.717, 1.165) is 44.6 Å². The largest absolute Gasteiger partial charge is 0.388 e. The summed E-state index contributed by atoms with van der Waals surface area (Å²) in [6.45, 7) is 3.32. The maximum atomic E-state index is 13.3. The minimum atomic E-state index is -0.918. The van der Waals surface area contributed by atoms with E-state index in [1.807, 2.05) is 42.3 Å². The van der Waals surface area contributed by atoms with Crippen LogP contribution < -0.4 is 5.56 Å². The third kappa shape index (κ3) is 4.28. The highest BCUT2D eigenvalue weighted by Gasteiger charge is 2.32. The van der Waals surface area contributed by atoms with Crippen LogP contribution in [0.25, 0.3) is 11.1 Å². The van der Waals surface area contributed by atoms with Gasteiger partial charge in [0.15, 0.2) is 0 Å². The number of hydrogen-bond donors (Lipinski definition) is 1. The van der Waals surface area contributed by atoms with Crippen molar-refractivity contribution >= 4 is 5.91 Å². The highest BCUT2D eigenvalue weighted by molar-refractivity contribution is 6.00. The number of pyridine rings is 1. The van der Waals surface area contributed by atoms with Gasteiger partial charge in [0.2, 0.25) is 0 Å². The summed E-state index contributed by atoms with van der Waals surface area (Å²) in [4.78, 5) is 30.2. The second-order valence-corrected chi connectivity index (χ2v) is 8.46. The molecule has 3 heterocycles. The maximum Gasteiger partial charge on any atom is 0.255 e. The molecule has 1 amide bonds. The van der Waals surface area contributed by atoms with Gasteiger partial charge in [-0.15, -0.1) is 0 Å². The topological polar surface area (TPSA) is 65.8 Å². The van der Waals surface area contributed by atoms with Crippen LogP contribution in [-0.2, 0) is 6.54 Å². The molecule has 0 unspecified atom stereocenters. The van der Waals surface area contributed by atoms with Crippen molar-refractivity contribution < 1.29 is 9.90 Å². The summed E-state index contributed by atoms with van der Waals surface area (Å²) < 4.78 is 1.53. The molecule has 0 radical (unpaired) electrons. The first kappa shape index (κ1) is 19.9. The van der Waals surface area contributed by atoms with Crippen LogP contribution in [0.1, 0.15) is 36.0 Å². The Morgan fingerprint density at radius 2 is 1.72 bits per heavy atom. The number of amides is 1. The Hall–Kier alpha value is -2.44. The fourth-order valence-corrected chi connectivity index (χ4v) is 4.32. The van der Waals surface area contributed by atoms with Crippen LogP contribution in [0.2, 0.25) is 0 Å². The van der Waals surface area contributed by atoms with Gasteiger partial charge in [-0.25, -0.2) is 0 Å². The van der Waals surface area contributed by atoms with Gasteiger partial charge >= 0.3 is 0 Å². The summed E-state index contributed by atoms with van der Waals surface area (Å²) in [7, 11) is 2.03. The van der Waals surface area contributed by atoms with Crippen LogP contribution in [0.15, 0.2) is 47.4 Å². The molecule has 0 atom stereocenters. The number of piperidine rings is 1. The summed E-state index contributed by atoms with van der Waals surface area (Å²) >= 11 is 0. The van der Waals surface area contributed by atoms with E-state index in [0.29, 0.717) is 24.0 Å². The fourth-order valence-electron chi connectivity index (χ4n) is 4.32. The molecule has 29 heavy (non-hydrogen) atoms. The van der Waals surface area contributed by atoms with E-state index in [-0.39, 0.29) is 18.0 Å². The van der Waals surface area contributed by atoms with Crippen LogP contribution in [0, 0.1) is 0 Å². The molecule has 2 aliphatic rings. The number of benzene rings is 1. The first-order valence-electron chi connectivity index (χ1n) is 10.5. The first-order valence-corrected chi connectivity index (χ1v) is 10.5. The summed E-state index contributed by atoms with van der Waals surface area (Å²) in [5.74, 6) is -0.0366. The number of nitrogens with zero attached hydrogens (tertiary/aromatic N) is 3. The van der Waals surface area contributed by atoms with Crippen molar-refractivity contribution in [2.75, 3.05) is 33.2 Å². The van der Waals surface area contributed by atoms with Crippen molar-refractivity contribution in [3.8, 4) is 11.1 Å². The highest BCUT2D eigenvalue weighted by Crippen LogP contribution is 2.27. The second-order valence-electron chi connectivity index (χ2n) is 8.46. The van der Waals surface area contributed by atoms with Crippen molar-refractivity contribution in [3.05, 3.63) is 58.5 Å². The average molecular weight is 396 g/mol. The first-order chi connectivity index (χ1) is 14.0. The van der Waals surface area contributed by atoms with Crippen LogP contribution >= 0.6 is 0 Å². The predicted molar refractivity (Wildman–Crippen MR) is 113 cm³/mol. The number of carbonyl (C=O) groups is 1. The SMILES string of the molecule is CN1CCC(O)(Cn2cc(C(=O)N3CCCC3)c(-c3ccccc3)cc2=O)CC1. The van der Waals surface area contributed by atoms with E-state index >= 15 is 0 Å². The normalized spacial score (nSPS) is 19.4. The van der Waals surface area contributed by atoms with Gasteiger partial charge in [0.25, 0.3) is 11.5 Å². The summed E-state index contributed by atoms with van der Waals surface area (Å²) in [6, 6.07) is 11.1. The van der Waals surface area contributed by atoms with Crippen molar-refractivity contribution in [2.24, 2.45) is 0 Å². The minimum absolute atomic E-state index is 0.0366. The molecule has 1 aromatic carbocycles. The Kier molecular flexibility index (Phi) is 5.56. The fraction of sp³-hybridized carbons (Fsp3) is 0.478. The van der Waals surface area contributed by atoms with Gasteiger partial charge in [-0.1, -0.05) is 30.3 Å². The van der Waals surface area contributed by atoms with Gasteiger partial charge in [-0.3, -0.25) is 9.59 Å². The monoisotopic (exact) mass is 395 g/mol. The molecule has 0 aliphatic carbocycles. The lowest BCUT2D eigenvalue weighted by molar-refractivity contribution is -0.0298. The molecule has 6 heteroatoms. The minimum Gasteiger partial charge on any atom is -0.388 e. The molecule has 2 saturated heterocycles. The van der Waals surface area contributed by atoms with Gasteiger partial charge < -0.3 is 19.5 Å². The molecule has 0 spiro atoms.